The van der Waals surface area contributed by atoms with Crippen molar-refractivity contribution < 1.29 is 8.42 Å². The Morgan fingerprint density at radius 1 is 1.38 bits per heavy atom. The fourth-order valence-corrected chi connectivity index (χ4v) is 2.01. The zero-order valence-corrected chi connectivity index (χ0v) is 10.8. The van der Waals surface area contributed by atoms with Gasteiger partial charge in [0.25, 0.3) is 0 Å². The first-order valence-electron chi connectivity index (χ1n) is 5.36. The van der Waals surface area contributed by atoms with Crippen LogP contribution in [0.2, 0.25) is 0 Å². The molecule has 90 valence electrons. The molecule has 0 amide bonds. The van der Waals surface area contributed by atoms with Gasteiger partial charge >= 0.3 is 0 Å². The van der Waals surface area contributed by atoms with E-state index in [2.05, 4.69) is 11.4 Å². The van der Waals surface area contributed by atoms with Gasteiger partial charge in [-0.2, -0.15) is 0 Å². The SMILES string of the molecule is Cc1cccc(C(C)NCCS(C)(=O)=O)c1. The number of sulfone groups is 1. The lowest BCUT2D eigenvalue weighted by molar-refractivity contribution is 0.575. The average Bonchev–Trinajstić information content (AvgIpc) is 2.15. The van der Waals surface area contributed by atoms with Crippen LogP contribution in [0.1, 0.15) is 24.1 Å². The van der Waals surface area contributed by atoms with Crippen LogP contribution in [0.25, 0.3) is 0 Å². The third-order valence-electron chi connectivity index (χ3n) is 2.47. The predicted octanol–water partition coefficient (Wildman–Crippen LogP) is 1.69. The van der Waals surface area contributed by atoms with Gasteiger partial charge in [-0.3, -0.25) is 0 Å². The molecule has 0 heterocycles. The first-order valence-corrected chi connectivity index (χ1v) is 7.42. The summed E-state index contributed by atoms with van der Waals surface area (Å²) in [4.78, 5) is 0. The van der Waals surface area contributed by atoms with Crippen LogP contribution in [0.3, 0.4) is 0 Å². The Labute approximate surface area is 97.8 Å². The molecule has 1 N–H and O–H groups in total. The summed E-state index contributed by atoms with van der Waals surface area (Å²) in [6, 6.07) is 8.40. The number of rotatable bonds is 5. The molecule has 0 aliphatic rings. The third-order valence-corrected chi connectivity index (χ3v) is 3.41. The maximum Gasteiger partial charge on any atom is 0.148 e. The largest absolute Gasteiger partial charge is 0.309 e. The van der Waals surface area contributed by atoms with Crippen LogP contribution in [0, 0.1) is 6.92 Å². The van der Waals surface area contributed by atoms with Crippen molar-refractivity contribution in [1.29, 1.82) is 0 Å². The van der Waals surface area contributed by atoms with Gasteiger partial charge < -0.3 is 5.32 Å². The Morgan fingerprint density at radius 3 is 2.62 bits per heavy atom. The van der Waals surface area contributed by atoms with Crippen molar-refractivity contribution in [3.63, 3.8) is 0 Å². The van der Waals surface area contributed by atoms with Crippen LogP contribution in [0.15, 0.2) is 24.3 Å². The number of benzene rings is 1. The van der Waals surface area contributed by atoms with Crippen LogP contribution in [0.4, 0.5) is 0 Å². The van der Waals surface area contributed by atoms with E-state index in [1.165, 1.54) is 17.4 Å². The van der Waals surface area contributed by atoms with Crippen LogP contribution in [-0.4, -0.2) is 27.0 Å². The smallest absolute Gasteiger partial charge is 0.148 e. The highest BCUT2D eigenvalue weighted by Gasteiger charge is 2.06. The van der Waals surface area contributed by atoms with Crippen LogP contribution in [-0.2, 0) is 9.84 Å². The van der Waals surface area contributed by atoms with Gasteiger partial charge in [-0.25, -0.2) is 8.42 Å². The van der Waals surface area contributed by atoms with Gasteiger partial charge in [-0.1, -0.05) is 29.8 Å². The van der Waals surface area contributed by atoms with E-state index >= 15 is 0 Å². The Balaban J connectivity index is 2.50. The van der Waals surface area contributed by atoms with Gasteiger partial charge in [-0.15, -0.1) is 0 Å². The predicted molar refractivity (Wildman–Crippen MR) is 67.3 cm³/mol. The molecule has 0 saturated carbocycles. The minimum Gasteiger partial charge on any atom is -0.309 e. The normalized spacial score (nSPS) is 13.7. The number of nitrogens with one attached hydrogen (secondary N) is 1. The number of hydrogen-bond donors (Lipinski definition) is 1. The second kappa shape index (κ2) is 5.46. The molecule has 1 aromatic carbocycles. The lowest BCUT2D eigenvalue weighted by Crippen LogP contribution is -2.25. The monoisotopic (exact) mass is 241 g/mol. The molecule has 0 bridgehead atoms. The summed E-state index contributed by atoms with van der Waals surface area (Å²) in [7, 11) is -2.87. The van der Waals surface area contributed by atoms with E-state index < -0.39 is 9.84 Å². The zero-order chi connectivity index (χ0) is 12.2. The fourth-order valence-electron chi connectivity index (χ4n) is 1.52. The summed E-state index contributed by atoms with van der Waals surface area (Å²) in [5, 5.41) is 3.20. The average molecular weight is 241 g/mol. The Hall–Kier alpha value is -0.870. The van der Waals surface area contributed by atoms with Crippen molar-refractivity contribution in [2.45, 2.75) is 19.9 Å². The van der Waals surface area contributed by atoms with Gasteiger partial charge in [0.1, 0.15) is 9.84 Å². The molecule has 1 unspecified atom stereocenters. The summed E-state index contributed by atoms with van der Waals surface area (Å²) >= 11 is 0. The molecule has 4 heteroatoms. The van der Waals surface area contributed by atoms with Crippen LogP contribution >= 0.6 is 0 Å². The van der Waals surface area contributed by atoms with Crippen molar-refractivity contribution in [3.8, 4) is 0 Å². The summed E-state index contributed by atoms with van der Waals surface area (Å²) in [5.41, 5.74) is 2.41. The highest BCUT2D eigenvalue weighted by atomic mass is 32.2. The van der Waals surface area contributed by atoms with Crippen molar-refractivity contribution in [1.82, 2.24) is 5.32 Å². The summed E-state index contributed by atoms with van der Waals surface area (Å²) < 4.78 is 21.9. The molecular weight excluding hydrogens is 222 g/mol. The maximum absolute atomic E-state index is 11.0. The molecule has 0 radical (unpaired) electrons. The first-order chi connectivity index (χ1) is 7.38. The van der Waals surface area contributed by atoms with Crippen molar-refractivity contribution >= 4 is 9.84 Å². The molecule has 16 heavy (non-hydrogen) atoms. The molecule has 0 aliphatic heterocycles. The van der Waals surface area contributed by atoms with Crippen LogP contribution in [0.5, 0.6) is 0 Å². The van der Waals surface area contributed by atoms with E-state index in [1.807, 2.05) is 32.0 Å². The van der Waals surface area contributed by atoms with E-state index in [-0.39, 0.29) is 11.8 Å². The minimum atomic E-state index is -2.87. The Morgan fingerprint density at radius 2 is 2.06 bits per heavy atom. The standard InChI is InChI=1S/C12H19NO2S/c1-10-5-4-6-12(9-10)11(2)13-7-8-16(3,14)15/h4-6,9,11,13H,7-8H2,1-3H3. The second-order valence-electron chi connectivity index (χ2n) is 4.22. The molecule has 0 saturated heterocycles. The highest BCUT2D eigenvalue weighted by molar-refractivity contribution is 7.90. The van der Waals surface area contributed by atoms with Gasteiger partial charge in [-0.05, 0) is 19.4 Å². The topological polar surface area (TPSA) is 46.2 Å². The molecule has 1 aromatic rings. The van der Waals surface area contributed by atoms with E-state index in [0.717, 1.165) is 0 Å². The summed E-state index contributed by atoms with van der Waals surface area (Å²) in [6.45, 7) is 4.58. The van der Waals surface area contributed by atoms with Crippen molar-refractivity contribution in [2.24, 2.45) is 0 Å². The minimum absolute atomic E-state index is 0.182. The molecule has 0 spiro atoms. The zero-order valence-electron chi connectivity index (χ0n) is 10.0. The molecule has 0 aliphatic carbocycles. The summed E-state index contributed by atoms with van der Waals surface area (Å²) in [6.07, 6.45) is 1.26. The van der Waals surface area contributed by atoms with E-state index in [0.29, 0.717) is 6.54 Å². The molecular formula is C12H19NO2S. The summed E-state index contributed by atoms with van der Waals surface area (Å²) in [5.74, 6) is 0.184. The van der Waals surface area contributed by atoms with Gasteiger partial charge in [0.05, 0.1) is 5.75 Å². The highest BCUT2D eigenvalue weighted by Crippen LogP contribution is 2.13. The van der Waals surface area contributed by atoms with Gasteiger partial charge in [0.15, 0.2) is 0 Å². The van der Waals surface area contributed by atoms with E-state index in [9.17, 15) is 8.42 Å². The maximum atomic E-state index is 11.0. The number of aryl methyl sites for hydroxylation is 1. The molecule has 1 atom stereocenters. The lowest BCUT2D eigenvalue weighted by Gasteiger charge is -2.14. The molecule has 3 nitrogen and oxygen atoms in total. The third kappa shape index (κ3) is 4.77. The lowest BCUT2D eigenvalue weighted by atomic mass is 10.1. The second-order valence-corrected chi connectivity index (χ2v) is 6.48. The first kappa shape index (κ1) is 13.2. The Bertz CT molecular complexity index is 440. The van der Waals surface area contributed by atoms with E-state index in [1.54, 1.807) is 0 Å². The van der Waals surface area contributed by atoms with Gasteiger partial charge in [0.2, 0.25) is 0 Å². The Kier molecular flexibility index (Phi) is 4.50. The van der Waals surface area contributed by atoms with Crippen molar-refractivity contribution in [3.05, 3.63) is 35.4 Å². The quantitative estimate of drug-likeness (QED) is 0.853. The molecule has 0 fully saturated rings. The van der Waals surface area contributed by atoms with E-state index in [4.69, 9.17) is 0 Å². The number of hydrogen-bond acceptors (Lipinski definition) is 3. The van der Waals surface area contributed by atoms with Gasteiger partial charge in [0, 0.05) is 18.8 Å². The molecule has 0 aromatic heterocycles. The van der Waals surface area contributed by atoms with Crippen LogP contribution < -0.4 is 5.32 Å². The van der Waals surface area contributed by atoms with Crippen molar-refractivity contribution in [2.75, 3.05) is 18.6 Å². The molecule has 1 rings (SSSR count). The fraction of sp³-hybridized carbons (Fsp3) is 0.500.